The summed E-state index contributed by atoms with van der Waals surface area (Å²) in [6, 6.07) is 7.30. The second-order valence-corrected chi connectivity index (χ2v) is 10.5. The molecule has 2 saturated carbocycles. The molecule has 0 spiro atoms. The smallest absolute Gasteiger partial charge is 0.257 e. The van der Waals surface area contributed by atoms with Gasteiger partial charge in [-0.25, -0.2) is 4.99 Å². The molecule has 3 N–H and O–H groups in total. The summed E-state index contributed by atoms with van der Waals surface area (Å²) < 4.78 is 5.19. The number of nitrogens with one attached hydrogen (secondary N) is 1. The molecule has 0 aromatic heterocycles. The second-order valence-electron chi connectivity index (χ2n) is 10.5. The summed E-state index contributed by atoms with van der Waals surface area (Å²) in [5, 5.41) is 3.22. The van der Waals surface area contributed by atoms with Crippen molar-refractivity contribution in [3.63, 3.8) is 0 Å². The van der Waals surface area contributed by atoms with E-state index >= 15 is 0 Å². The number of guanidine groups is 1. The summed E-state index contributed by atoms with van der Waals surface area (Å²) in [6.45, 7) is 0. The van der Waals surface area contributed by atoms with E-state index < -0.39 is 5.54 Å². The van der Waals surface area contributed by atoms with Gasteiger partial charge < -0.3 is 15.8 Å². The number of rotatable bonds is 8. The Morgan fingerprint density at radius 2 is 1.82 bits per heavy atom. The van der Waals surface area contributed by atoms with Gasteiger partial charge in [0.25, 0.3) is 11.8 Å². The zero-order chi connectivity index (χ0) is 24.1. The van der Waals surface area contributed by atoms with Crippen molar-refractivity contribution in [2.24, 2.45) is 22.6 Å². The summed E-state index contributed by atoms with van der Waals surface area (Å²) in [6.07, 6.45) is 13.0. The Balaban J connectivity index is 1.39. The third-order valence-corrected chi connectivity index (χ3v) is 8.16. The van der Waals surface area contributed by atoms with Crippen LogP contribution in [0.1, 0.15) is 87.4 Å². The van der Waals surface area contributed by atoms with Crippen LogP contribution in [0, 0.1) is 11.8 Å². The third-order valence-electron chi connectivity index (χ3n) is 8.16. The molecule has 0 radical (unpaired) electrons. The molecule has 0 bridgehead atoms. The second kappa shape index (κ2) is 10.8. The maximum Gasteiger partial charge on any atom is 0.257 e. The first kappa shape index (κ1) is 24.6. The van der Waals surface area contributed by atoms with Gasteiger partial charge in [-0.2, -0.15) is 0 Å². The molecule has 7 nitrogen and oxygen atoms in total. The van der Waals surface area contributed by atoms with Crippen molar-refractivity contribution in [1.29, 1.82) is 0 Å². The van der Waals surface area contributed by atoms with E-state index in [-0.39, 0.29) is 17.9 Å². The maximum absolute atomic E-state index is 13.3. The third kappa shape index (κ3) is 5.56. The highest BCUT2D eigenvalue weighted by Gasteiger charge is 2.48. The Labute approximate surface area is 203 Å². The molecule has 3 atom stereocenters. The molecule has 1 aliphatic heterocycles. The van der Waals surface area contributed by atoms with Crippen LogP contribution >= 0.6 is 0 Å². The van der Waals surface area contributed by atoms with Crippen molar-refractivity contribution in [1.82, 2.24) is 10.2 Å². The molecule has 2 aliphatic carbocycles. The molecule has 3 aliphatic rings. The maximum atomic E-state index is 13.3. The lowest BCUT2D eigenvalue weighted by Crippen LogP contribution is -2.45. The van der Waals surface area contributed by atoms with Gasteiger partial charge in [0.15, 0.2) is 5.96 Å². The Bertz CT molecular complexity index is 894. The summed E-state index contributed by atoms with van der Waals surface area (Å²) in [5.74, 6) is 2.11. The van der Waals surface area contributed by atoms with Gasteiger partial charge in [0, 0.05) is 18.7 Å². The predicted molar refractivity (Wildman–Crippen MR) is 134 cm³/mol. The number of methoxy groups -OCH3 is 1. The molecule has 2 fully saturated rings. The lowest BCUT2D eigenvalue weighted by Gasteiger charge is -2.35. The van der Waals surface area contributed by atoms with Gasteiger partial charge in [0.2, 0.25) is 0 Å². The highest BCUT2D eigenvalue weighted by molar-refractivity contribution is 6.06. The fourth-order valence-corrected chi connectivity index (χ4v) is 6.17. The molecular formula is C27H40N4O3. The Morgan fingerprint density at radius 3 is 2.47 bits per heavy atom. The van der Waals surface area contributed by atoms with Crippen LogP contribution < -0.4 is 15.8 Å². The quantitative estimate of drug-likeness (QED) is 0.596. The predicted octanol–water partition coefficient (Wildman–Crippen LogP) is 4.26. The first-order valence-corrected chi connectivity index (χ1v) is 13.0. The summed E-state index contributed by atoms with van der Waals surface area (Å²) in [7, 11) is 3.35. The number of aliphatic imine (C=N–C) groups is 1. The minimum atomic E-state index is -0.733. The molecule has 1 aromatic rings. The number of nitrogens with zero attached hydrogens (tertiary/aromatic N) is 2. The highest BCUT2D eigenvalue weighted by Crippen LogP contribution is 2.40. The standard InChI is InChI=1S/C27H40N4O3/c1-31-25(33)27(30-26(31)28,16-15-19-7-4-3-5-8-19)18-20-9-6-10-22(17-20)29-24(32)21-11-13-23(34-2)14-12-21/h11-14,19-20,22H,3-10,15-18H2,1-2H3,(H2,28,30)(H,29,32)/t20-,22+,27+/m0/s1. The average Bonchev–Trinajstić information content (AvgIpc) is 3.07. The van der Waals surface area contributed by atoms with Crippen molar-refractivity contribution in [2.75, 3.05) is 14.2 Å². The number of amides is 2. The molecule has 1 heterocycles. The van der Waals surface area contributed by atoms with E-state index in [4.69, 9.17) is 15.5 Å². The van der Waals surface area contributed by atoms with Crippen LogP contribution in [0.5, 0.6) is 5.75 Å². The molecule has 0 unspecified atom stereocenters. The molecule has 7 heteroatoms. The van der Waals surface area contributed by atoms with Gasteiger partial charge >= 0.3 is 0 Å². The number of hydrogen-bond acceptors (Lipinski definition) is 5. The number of ether oxygens (including phenoxy) is 1. The van der Waals surface area contributed by atoms with E-state index in [0.29, 0.717) is 23.4 Å². The Kier molecular flexibility index (Phi) is 7.79. The monoisotopic (exact) mass is 468 g/mol. The Hall–Kier alpha value is -2.57. The van der Waals surface area contributed by atoms with Crippen molar-refractivity contribution >= 4 is 17.8 Å². The summed E-state index contributed by atoms with van der Waals surface area (Å²) >= 11 is 0. The van der Waals surface area contributed by atoms with Crippen LogP contribution in [0.4, 0.5) is 0 Å². The van der Waals surface area contributed by atoms with Crippen molar-refractivity contribution in [3.8, 4) is 5.75 Å². The fraction of sp³-hybridized carbons (Fsp3) is 0.667. The first-order valence-electron chi connectivity index (χ1n) is 13.0. The largest absolute Gasteiger partial charge is 0.497 e. The molecule has 2 amide bonds. The summed E-state index contributed by atoms with van der Waals surface area (Å²) in [4.78, 5) is 32.4. The number of benzene rings is 1. The van der Waals surface area contributed by atoms with Gasteiger partial charge in [0.05, 0.1) is 7.11 Å². The topological polar surface area (TPSA) is 97.0 Å². The van der Waals surface area contributed by atoms with Crippen LogP contribution in [0.2, 0.25) is 0 Å². The molecule has 4 rings (SSSR count). The zero-order valence-electron chi connectivity index (χ0n) is 20.7. The molecule has 186 valence electrons. The molecule has 1 aromatic carbocycles. The lowest BCUT2D eigenvalue weighted by molar-refractivity contribution is -0.131. The van der Waals surface area contributed by atoms with Gasteiger partial charge in [0.1, 0.15) is 11.3 Å². The number of nitrogens with two attached hydrogens (primary N) is 1. The van der Waals surface area contributed by atoms with Gasteiger partial charge in [-0.15, -0.1) is 0 Å². The van der Waals surface area contributed by atoms with Crippen LogP contribution in [0.15, 0.2) is 29.3 Å². The molecule has 34 heavy (non-hydrogen) atoms. The van der Waals surface area contributed by atoms with E-state index in [2.05, 4.69) is 5.32 Å². The number of likely N-dealkylation sites (N-methyl/N-ethyl adjacent to an activating group) is 1. The van der Waals surface area contributed by atoms with Crippen molar-refractivity contribution < 1.29 is 14.3 Å². The normalized spacial score (nSPS) is 28.0. The first-order chi connectivity index (χ1) is 16.4. The Morgan fingerprint density at radius 1 is 1.12 bits per heavy atom. The summed E-state index contributed by atoms with van der Waals surface area (Å²) in [5.41, 5.74) is 6.03. The molecule has 0 saturated heterocycles. The van der Waals surface area contributed by atoms with Crippen LogP contribution in [-0.2, 0) is 4.79 Å². The van der Waals surface area contributed by atoms with E-state index in [9.17, 15) is 9.59 Å². The van der Waals surface area contributed by atoms with Gasteiger partial charge in [-0.1, -0.05) is 44.9 Å². The van der Waals surface area contributed by atoms with Crippen molar-refractivity contribution in [3.05, 3.63) is 29.8 Å². The van der Waals surface area contributed by atoms with Crippen molar-refractivity contribution in [2.45, 2.75) is 88.6 Å². The van der Waals surface area contributed by atoms with Gasteiger partial charge in [-0.05, 0) is 68.2 Å². The SMILES string of the molecule is COc1ccc(C(=O)N[C@@H]2CCC[C@H](C[C@@]3(CCC4CCCCC4)N=C(N)N(C)C3=O)C2)cc1. The number of hydrogen-bond donors (Lipinski definition) is 2. The average molecular weight is 469 g/mol. The minimum Gasteiger partial charge on any atom is -0.497 e. The fourth-order valence-electron chi connectivity index (χ4n) is 6.17. The zero-order valence-corrected chi connectivity index (χ0v) is 20.7. The number of carbonyl (C=O) groups excluding carboxylic acids is 2. The number of carbonyl (C=O) groups is 2. The van der Waals surface area contributed by atoms with Crippen LogP contribution in [0.25, 0.3) is 0 Å². The van der Waals surface area contributed by atoms with E-state index in [1.54, 1.807) is 38.4 Å². The van der Waals surface area contributed by atoms with Crippen LogP contribution in [-0.4, -0.2) is 48.4 Å². The van der Waals surface area contributed by atoms with Gasteiger partial charge in [-0.3, -0.25) is 14.5 Å². The molecular weight excluding hydrogens is 428 g/mol. The van der Waals surface area contributed by atoms with E-state index in [1.807, 2.05) is 0 Å². The highest BCUT2D eigenvalue weighted by atomic mass is 16.5. The minimum absolute atomic E-state index is 0.0465. The lowest BCUT2D eigenvalue weighted by atomic mass is 9.74. The van der Waals surface area contributed by atoms with Crippen LogP contribution in [0.3, 0.4) is 0 Å². The van der Waals surface area contributed by atoms with E-state index in [0.717, 1.165) is 50.7 Å². The van der Waals surface area contributed by atoms with E-state index in [1.165, 1.54) is 37.0 Å².